The summed E-state index contributed by atoms with van der Waals surface area (Å²) < 4.78 is 0. The first kappa shape index (κ1) is 47.5. The summed E-state index contributed by atoms with van der Waals surface area (Å²) in [5.74, 6) is 0. The van der Waals surface area contributed by atoms with E-state index in [1.807, 2.05) is 0 Å². The van der Waals surface area contributed by atoms with Crippen LogP contribution in [0.15, 0.2) is 200 Å². The van der Waals surface area contributed by atoms with Crippen molar-refractivity contribution in [3.05, 3.63) is 222 Å². The van der Waals surface area contributed by atoms with Gasteiger partial charge in [-0.1, -0.05) is 265 Å². The Morgan fingerprint density at radius 2 is 0.620 bits per heavy atom. The molecule has 0 aromatic heterocycles. The molecule has 354 valence electrons. The summed E-state index contributed by atoms with van der Waals surface area (Å²) in [5, 5.41) is 7.47. The number of hydrogen-bond donors (Lipinski definition) is 0. The van der Waals surface area contributed by atoms with E-state index in [9.17, 15) is 0 Å². The number of nitrogens with zero attached hydrogens (tertiary/aromatic N) is 1. The topological polar surface area (TPSA) is 3.24 Å². The number of rotatable bonds is 7. The summed E-state index contributed by atoms with van der Waals surface area (Å²) in [7, 11) is 0. The Labute approximate surface area is 423 Å². The standard InChI is InChI=1S/C70H69N/c1-67(2,3)50-40-48(41-51(44-50)68(4,5)6)55-28-15-18-35-63(55)71(64-36-19-16-29-60(64)58-33-23-32-57-54-27-14-13-24-46(54)38-39-59(57)58)65-37-20-17-30-61(65)62-34-22-26-47-25-21-31-56(66(47)62)49-42-52(69(7,8)9)45-53(43-49)70(10,11)12/h13-45H,1-12H3. The maximum atomic E-state index is 2.57. The lowest BCUT2D eigenvalue weighted by Gasteiger charge is -2.33. The number of fused-ring (bicyclic) bond motifs is 4. The maximum Gasteiger partial charge on any atom is 0.0540 e. The summed E-state index contributed by atoms with van der Waals surface area (Å²) in [4.78, 5) is 2.57. The first-order valence-corrected chi connectivity index (χ1v) is 25.6. The van der Waals surface area contributed by atoms with Gasteiger partial charge in [0.2, 0.25) is 0 Å². The van der Waals surface area contributed by atoms with Gasteiger partial charge in [-0.3, -0.25) is 0 Å². The van der Waals surface area contributed by atoms with Crippen LogP contribution in [0.4, 0.5) is 17.1 Å². The minimum absolute atomic E-state index is 0.0193. The minimum atomic E-state index is -0.0471. The summed E-state index contributed by atoms with van der Waals surface area (Å²) in [6.07, 6.45) is 0. The van der Waals surface area contributed by atoms with Gasteiger partial charge in [-0.2, -0.15) is 0 Å². The van der Waals surface area contributed by atoms with E-state index in [1.54, 1.807) is 0 Å². The average Bonchev–Trinajstić information content (AvgIpc) is 3.35. The SMILES string of the molecule is CC(C)(C)c1cc(-c2ccccc2N(c2ccccc2-c2cccc3c2ccc2ccccc23)c2ccccc2-c2cccc3cccc(-c4cc(C(C)(C)C)cc(C(C)(C)C)c4)c23)cc(C(C)(C)C)c1. The molecule has 0 bridgehead atoms. The van der Waals surface area contributed by atoms with E-state index in [-0.39, 0.29) is 21.7 Å². The molecule has 0 fully saturated rings. The molecule has 0 unspecified atom stereocenters. The van der Waals surface area contributed by atoms with Crippen molar-refractivity contribution in [1.82, 2.24) is 0 Å². The van der Waals surface area contributed by atoms with Crippen LogP contribution < -0.4 is 4.90 Å². The maximum absolute atomic E-state index is 2.57. The van der Waals surface area contributed by atoms with Crippen molar-refractivity contribution in [2.24, 2.45) is 0 Å². The molecular weight excluding hydrogens is 855 g/mol. The number of para-hydroxylation sites is 3. The van der Waals surface area contributed by atoms with E-state index >= 15 is 0 Å². The Balaban J connectivity index is 1.29. The molecule has 1 nitrogen and oxygen atoms in total. The van der Waals surface area contributed by atoms with Gasteiger partial charge in [0, 0.05) is 16.7 Å². The molecule has 0 saturated heterocycles. The normalized spacial score (nSPS) is 12.5. The van der Waals surface area contributed by atoms with Crippen molar-refractivity contribution < 1.29 is 0 Å². The predicted octanol–water partition coefficient (Wildman–Crippen LogP) is 20.5. The smallest absolute Gasteiger partial charge is 0.0540 e. The van der Waals surface area contributed by atoms with Gasteiger partial charge < -0.3 is 4.90 Å². The zero-order valence-corrected chi connectivity index (χ0v) is 44.0. The van der Waals surface area contributed by atoms with Gasteiger partial charge >= 0.3 is 0 Å². The van der Waals surface area contributed by atoms with Crippen LogP contribution in [0, 0.1) is 0 Å². The Kier molecular flexibility index (Phi) is 11.9. The lowest BCUT2D eigenvalue weighted by atomic mass is 9.78. The summed E-state index contributed by atoms with van der Waals surface area (Å²) in [6, 6.07) is 75.8. The monoisotopic (exact) mass is 924 g/mol. The van der Waals surface area contributed by atoms with E-state index in [2.05, 4.69) is 288 Å². The van der Waals surface area contributed by atoms with E-state index in [0.29, 0.717) is 0 Å². The highest BCUT2D eigenvalue weighted by Gasteiger charge is 2.28. The van der Waals surface area contributed by atoms with Crippen molar-refractivity contribution in [2.45, 2.75) is 105 Å². The highest BCUT2D eigenvalue weighted by molar-refractivity contribution is 6.14. The Bertz CT molecular complexity index is 3560. The van der Waals surface area contributed by atoms with Gasteiger partial charge in [0.1, 0.15) is 0 Å². The molecular formula is C70H69N. The minimum Gasteiger partial charge on any atom is -0.309 e. The Hall–Kier alpha value is -7.22. The third-order valence-corrected chi connectivity index (χ3v) is 14.7. The largest absolute Gasteiger partial charge is 0.309 e. The summed E-state index contributed by atoms with van der Waals surface area (Å²) in [5.41, 5.74) is 18.2. The zero-order chi connectivity index (χ0) is 50.0. The molecule has 10 aromatic carbocycles. The number of benzene rings is 10. The second kappa shape index (κ2) is 17.9. The lowest BCUT2D eigenvalue weighted by molar-refractivity contribution is 0.568. The van der Waals surface area contributed by atoms with E-state index in [4.69, 9.17) is 0 Å². The second-order valence-electron chi connectivity index (χ2n) is 23.9. The molecule has 10 rings (SSSR count). The average molecular weight is 924 g/mol. The van der Waals surface area contributed by atoms with Crippen LogP contribution in [-0.2, 0) is 21.7 Å². The highest BCUT2D eigenvalue weighted by Crippen LogP contribution is 2.51. The quantitative estimate of drug-likeness (QED) is 0.144. The predicted molar refractivity (Wildman–Crippen MR) is 310 cm³/mol. The van der Waals surface area contributed by atoms with E-state index in [0.717, 1.165) is 17.1 Å². The lowest BCUT2D eigenvalue weighted by Crippen LogP contribution is -2.17. The molecule has 0 radical (unpaired) electrons. The fourth-order valence-electron chi connectivity index (χ4n) is 10.5. The zero-order valence-electron chi connectivity index (χ0n) is 44.0. The van der Waals surface area contributed by atoms with Crippen molar-refractivity contribution >= 4 is 49.4 Å². The van der Waals surface area contributed by atoms with Crippen molar-refractivity contribution in [3.63, 3.8) is 0 Å². The third-order valence-electron chi connectivity index (χ3n) is 14.7. The first-order valence-electron chi connectivity index (χ1n) is 25.6. The van der Waals surface area contributed by atoms with Crippen LogP contribution in [0.5, 0.6) is 0 Å². The second-order valence-corrected chi connectivity index (χ2v) is 23.9. The van der Waals surface area contributed by atoms with Crippen molar-refractivity contribution in [3.8, 4) is 44.5 Å². The molecule has 0 heterocycles. The van der Waals surface area contributed by atoms with Gasteiger partial charge in [-0.25, -0.2) is 0 Å². The molecule has 0 amide bonds. The van der Waals surface area contributed by atoms with Crippen LogP contribution in [0.2, 0.25) is 0 Å². The Morgan fingerprint density at radius 1 is 0.254 bits per heavy atom. The molecule has 0 aliphatic heterocycles. The van der Waals surface area contributed by atoms with Crippen LogP contribution in [0.1, 0.15) is 105 Å². The summed E-state index contributed by atoms with van der Waals surface area (Å²) >= 11 is 0. The van der Waals surface area contributed by atoms with E-state index in [1.165, 1.54) is 99.1 Å². The fraction of sp³-hybridized carbons (Fsp3) is 0.229. The van der Waals surface area contributed by atoms with Crippen LogP contribution in [0.3, 0.4) is 0 Å². The van der Waals surface area contributed by atoms with Crippen LogP contribution >= 0.6 is 0 Å². The number of anilines is 3. The Morgan fingerprint density at radius 3 is 1.15 bits per heavy atom. The summed E-state index contributed by atoms with van der Waals surface area (Å²) in [6.45, 7) is 28.0. The van der Waals surface area contributed by atoms with Gasteiger partial charge in [-0.05, 0) is 122 Å². The van der Waals surface area contributed by atoms with Crippen LogP contribution in [-0.4, -0.2) is 0 Å². The van der Waals surface area contributed by atoms with E-state index < -0.39 is 0 Å². The molecule has 0 atom stereocenters. The molecule has 71 heavy (non-hydrogen) atoms. The third kappa shape index (κ3) is 9.08. The van der Waals surface area contributed by atoms with Gasteiger partial charge in [0.15, 0.2) is 0 Å². The molecule has 0 N–H and O–H groups in total. The number of hydrogen-bond acceptors (Lipinski definition) is 1. The van der Waals surface area contributed by atoms with Crippen LogP contribution in [0.25, 0.3) is 76.8 Å². The molecule has 0 aliphatic carbocycles. The molecule has 0 saturated carbocycles. The van der Waals surface area contributed by atoms with Crippen molar-refractivity contribution in [1.29, 1.82) is 0 Å². The van der Waals surface area contributed by atoms with Gasteiger partial charge in [0.25, 0.3) is 0 Å². The van der Waals surface area contributed by atoms with Gasteiger partial charge in [0.05, 0.1) is 17.1 Å². The molecule has 10 aromatic rings. The fourth-order valence-corrected chi connectivity index (χ4v) is 10.5. The molecule has 0 aliphatic rings. The first-order chi connectivity index (χ1) is 33.8. The highest BCUT2D eigenvalue weighted by atomic mass is 15.1. The molecule has 1 heteroatoms. The molecule has 0 spiro atoms. The van der Waals surface area contributed by atoms with Crippen molar-refractivity contribution in [2.75, 3.05) is 4.90 Å². The van der Waals surface area contributed by atoms with Gasteiger partial charge in [-0.15, -0.1) is 0 Å².